The summed E-state index contributed by atoms with van der Waals surface area (Å²) >= 11 is 1.18. The lowest BCUT2D eigenvalue weighted by atomic mass is 10.2. The van der Waals surface area contributed by atoms with Crippen molar-refractivity contribution >= 4 is 47.0 Å². The molecule has 8 nitrogen and oxygen atoms in total. The number of allylic oxidation sites excluding steroid dienone is 1. The number of thioether (sulfide) groups is 1. The average Bonchev–Trinajstić information content (AvgIpc) is 3.04. The predicted molar refractivity (Wildman–Crippen MR) is 115 cm³/mol. The Morgan fingerprint density at radius 3 is 2.76 bits per heavy atom. The number of unbranched alkanes of at least 4 members (excludes halogenated alkanes) is 2. The third kappa shape index (κ3) is 9.20. The summed E-state index contributed by atoms with van der Waals surface area (Å²) in [4.78, 5) is 34.3. The van der Waals surface area contributed by atoms with Gasteiger partial charge in [0, 0.05) is 25.6 Å². The first-order valence-corrected chi connectivity index (χ1v) is 10.2. The molecule has 1 atom stereocenters. The number of carboxylic acid groups (broad SMARTS) is 1. The van der Waals surface area contributed by atoms with Crippen molar-refractivity contribution in [3.05, 3.63) is 42.0 Å². The van der Waals surface area contributed by atoms with Crippen LogP contribution in [0.25, 0.3) is 6.08 Å². The van der Waals surface area contributed by atoms with Crippen LogP contribution in [0.4, 0.5) is 0 Å². The number of carbonyl (C=O) groups is 3. The number of amides is 2. The van der Waals surface area contributed by atoms with Crippen molar-refractivity contribution in [2.75, 3.05) is 6.54 Å². The molecule has 1 unspecified atom stereocenters. The number of benzene rings is 1. The Hall–Kier alpha value is -2.94. The summed E-state index contributed by atoms with van der Waals surface area (Å²) in [7, 11) is 0. The van der Waals surface area contributed by atoms with E-state index in [9.17, 15) is 14.4 Å². The van der Waals surface area contributed by atoms with E-state index < -0.39 is 11.2 Å². The highest BCUT2D eigenvalue weighted by Gasteiger charge is 2.32. The number of hydrogen-bond acceptors (Lipinski definition) is 6. The van der Waals surface area contributed by atoms with Gasteiger partial charge in [0.25, 0.3) is 0 Å². The number of carbonyl (C=O) groups excluding carboxylic acids is 2. The van der Waals surface area contributed by atoms with Gasteiger partial charge in [0.2, 0.25) is 11.8 Å². The summed E-state index contributed by atoms with van der Waals surface area (Å²) in [6.45, 7) is 0.469. The molecule has 0 aliphatic carbocycles. The van der Waals surface area contributed by atoms with Gasteiger partial charge in [-0.05, 0) is 24.5 Å². The quantitative estimate of drug-likeness (QED) is 0.291. The summed E-state index contributed by atoms with van der Waals surface area (Å²) in [5.74, 6) is -1.29. The third-order valence-corrected chi connectivity index (χ3v) is 5.00. The molecule has 0 radical (unpaired) electrons. The van der Waals surface area contributed by atoms with Crippen LogP contribution in [-0.4, -0.2) is 46.1 Å². The summed E-state index contributed by atoms with van der Waals surface area (Å²) < 4.78 is 0. The molecule has 3 N–H and O–H groups in total. The highest BCUT2D eigenvalue weighted by molar-refractivity contribution is 8.15. The number of nitrogens with one attached hydrogen (secondary N) is 2. The number of carboxylic acids is 1. The Kier molecular flexibility index (Phi) is 9.64. The van der Waals surface area contributed by atoms with Crippen molar-refractivity contribution in [2.24, 2.45) is 10.2 Å². The van der Waals surface area contributed by atoms with Crippen LogP contribution in [-0.2, 0) is 14.4 Å². The summed E-state index contributed by atoms with van der Waals surface area (Å²) in [6, 6.07) is 9.76. The van der Waals surface area contributed by atoms with Crippen molar-refractivity contribution in [3.8, 4) is 0 Å². The number of amidine groups is 1. The van der Waals surface area contributed by atoms with E-state index in [4.69, 9.17) is 5.11 Å². The molecule has 1 fully saturated rings. The highest BCUT2D eigenvalue weighted by atomic mass is 32.2. The van der Waals surface area contributed by atoms with Crippen LogP contribution in [0.3, 0.4) is 0 Å². The van der Waals surface area contributed by atoms with Crippen LogP contribution in [0.2, 0.25) is 0 Å². The first kappa shape index (κ1) is 22.4. The second-order valence-corrected chi connectivity index (χ2v) is 7.49. The topological polar surface area (TPSA) is 120 Å². The molecule has 2 amide bonds. The van der Waals surface area contributed by atoms with Crippen molar-refractivity contribution < 1.29 is 19.5 Å². The third-order valence-electron chi connectivity index (χ3n) is 3.93. The fourth-order valence-corrected chi connectivity index (χ4v) is 3.40. The van der Waals surface area contributed by atoms with Gasteiger partial charge >= 0.3 is 5.97 Å². The van der Waals surface area contributed by atoms with E-state index in [1.807, 2.05) is 36.4 Å². The molecular formula is C20H24N4O4S. The minimum absolute atomic E-state index is 0.0578. The fraction of sp³-hybridized carbons (Fsp3) is 0.350. The Labute approximate surface area is 173 Å². The molecule has 0 bridgehead atoms. The van der Waals surface area contributed by atoms with E-state index in [2.05, 4.69) is 20.8 Å². The fourth-order valence-electron chi connectivity index (χ4n) is 2.48. The summed E-state index contributed by atoms with van der Waals surface area (Å²) in [6.07, 6.45) is 7.40. The predicted octanol–water partition coefficient (Wildman–Crippen LogP) is 2.42. The van der Waals surface area contributed by atoms with Crippen LogP contribution in [0.15, 0.2) is 46.6 Å². The van der Waals surface area contributed by atoms with Crippen LogP contribution in [0.5, 0.6) is 0 Å². The Morgan fingerprint density at radius 1 is 1.21 bits per heavy atom. The molecule has 1 aliphatic rings. The van der Waals surface area contributed by atoms with Gasteiger partial charge in [0.15, 0.2) is 5.17 Å². The molecule has 1 aromatic carbocycles. The molecule has 29 heavy (non-hydrogen) atoms. The van der Waals surface area contributed by atoms with E-state index in [1.165, 1.54) is 18.0 Å². The van der Waals surface area contributed by atoms with Gasteiger partial charge in [-0.3, -0.25) is 14.4 Å². The van der Waals surface area contributed by atoms with Crippen molar-refractivity contribution in [2.45, 2.75) is 37.4 Å². The maximum atomic E-state index is 12.0. The normalized spacial score (nSPS) is 17.9. The lowest BCUT2D eigenvalue weighted by Crippen LogP contribution is -2.31. The largest absolute Gasteiger partial charge is 0.481 e. The van der Waals surface area contributed by atoms with Crippen molar-refractivity contribution in [3.63, 3.8) is 0 Å². The molecule has 0 saturated carbocycles. The van der Waals surface area contributed by atoms with E-state index in [0.717, 1.165) is 12.0 Å². The smallest absolute Gasteiger partial charge is 0.303 e. The highest BCUT2D eigenvalue weighted by Crippen LogP contribution is 2.22. The summed E-state index contributed by atoms with van der Waals surface area (Å²) in [5.41, 5.74) is 1.04. The second kappa shape index (κ2) is 12.5. The standard InChI is InChI=1S/C20H24N4O4S/c25-17(21-12-6-2-5-11-18(26)27)14-16-19(28)23-20(29-16)24-22-13-7-10-15-8-3-1-4-9-15/h1,3-4,7-10,13,16H,2,5-6,11-12,14H2,(H,21,25)(H,26,27)(H,23,24,28). The number of aliphatic carboxylic acids is 1. The molecule has 154 valence electrons. The number of nitrogens with zero attached hydrogens (tertiary/aromatic N) is 2. The minimum atomic E-state index is -0.813. The molecule has 0 spiro atoms. The molecular weight excluding hydrogens is 392 g/mol. The first-order valence-electron chi connectivity index (χ1n) is 9.33. The Morgan fingerprint density at radius 2 is 2.00 bits per heavy atom. The van der Waals surface area contributed by atoms with Crippen LogP contribution in [0.1, 0.15) is 37.7 Å². The van der Waals surface area contributed by atoms with Gasteiger partial charge in [0.05, 0.1) is 0 Å². The van der Waals surface area contributed by atoms with Crippen LogP contribution < -0.4 is 10.6 Å². The molecule has 0 aromatic heterocycles. The van der Waals surface area contributed by atoms with E-state index in [-0.39, 0.29) is 24.7 Å². The van der Waals surface area contributed by atoms with E-state index in [1.54, 1.807) is 6.08 Å². The Bertz CT molecular complexity index is 793. The monoisotopic (exact) mass is 416 g/mol. The molecule has 1 heterocycles. The number of hydrogen-bond donors (Lipinski definition) is 3. The van der Waals surface area contributed by atoms with Crippen molar-refractivity contribution in [1.29, 1.82) is 0 Å². The molecule has 1 aromatic rings. The lowest BCUT2D eigenvalue weighted by molar-refractivity contribution is -0.137. The minimum Gasteiger partial charge on any atom is -0.481 e. The lowest BCUT2D eigenvalue weighted by Gasteiger charge is -2.07. The van der Waals surface area contributed by atoms with Gasteiger partial charge < -0.3 is 15.7 Å². The van der Waals surface area contributed by atoms with Gasteiger partial charge in [-0.15, -0.1) is 5.10 Å². The summed E-state index contributed by atoms with van der Waals surface area (Å²) in [5, 5.41) is 21.6. The van der Waals surface area contributed by atoms with Crippen LogP contribution >= 0.6 is 11.8 Å². The zero-order valence-corrected chi connectivity index (χ0v) is 16.7. The first-order chi connectivity index (χ1) is 14.0. The van der Waals surface area contributed by atoms with Gasteiger partial charge in [-0.2, -0.15) is 5.10 Å². The maximum Gasteiger partial charge on any atom is 0.303 e. The average molecular weight is 417 g/mol. The van der Waals surface area contributed by atoms with E-state index in [0.29, 0.717) is 24.6 Å². The zero-order valence-electron chi connectivity index (χ0n) is 15.9. The second-order valence-electron chi connectivity index (χ2n) is 6.29. The van der Waals surface area contributed by atoms with E-state index >= 15 is 0 Å². The molecule has 1 aliphatic heterocycles. The molecule has 2 rings (SSSR count). The van der Waals surface area contributed by atoms with Crippen LogP contribution in [0, 0.1) is 0 Å². The number of rotatable bonds is 11. The van der Waals surface area contributed by atoms with Gasteiger partial charge in [-0.1, -0.05) is 54.6 Å². The SMILES string of the molecule is O=C(O)CCCCCNC(=O)CC1SC(=NN=CC=Cc2ccccc2)NC1=O. The van der Waals surface area contributed by atoms with Crippen molar-refractivity contribution in [1.82, 2.24) is 10.6 Å². The molecule has 1 saturated heterocycles. The molecule has 9 heteroatoms. The Balaban J connectivity index is 1.67. The van der Waals surface area contributed by atoms with Gasteiger partial charge in [-0.25, -0.2) is 0 Å². The van der Waals surface area contributed by atoms with Gasteiger partial charge in [0.1, 0.15) is 5.25 Å². The maximum absolute atomic E-state index is 12.0. The zero-order chi connectivity index (χ0) is 20.9.